The predicted octanol–water partition coefficient (Wildman–Crippen LogP) is 2.81. The van der Waals surface area contributed by atoms with Crippen molar-refractivity contribution in [2.45, 2.75) is 0 Å². The number of benzene rings is 2. The van der Waals surface area contributed by atoms with E-state index in [1.165, 1.54) is 10.7 Å². The Bertz CT molecular complexity index is 771. The van der Waals surface area contributed by atoms with Crippen molar-refractivity contribution in [3.05, 3.63) is 52.8 Å². The third-order valence-corrected chi connectivity index (χ3v) is 3.37. The third kappa shape index (κ3) is 2.27. The Labute approximate surface area is 122 Å². The summed E-state index contributed by atoms with van der Waals surface area (Å²) < 4.78 is 15.2. The van der Waals surface area contributed by atoms with Gasteiger partial charge < -0.3 is 5.73 Å². The zero-order valence-electron chi connectivity index (χ0n) is 10.2. The molecule has 0 bridgehead atoms. The lowest BCUT2D eigenvalue weighted by atomic mass is 10.2. The fraction of sp³-hybridized carbons (Fsp3) is 0. The third-order valence-electron chi connectivity index (χ3n) is 2.76. The Morgan fingerprint density at radius 2 is 2.00 bits per heavy atom. The number of halogens is 2. The van der Waals surface area contributed by atoms with Gasteiger partial charge in [0, 0.05) is 11.3 Å². The maximum atomic E-state index is 13.3. The summed E-state index contributed by atoms with van der Waals surface area (Å²) in [6.07, 6.45) is 0. The van der Waals surface area contributed by atoms with Crippen LogP contribution in [0.5, 0.6) is 0 Å². The Hall–Kier alpha value is -2.28. The lowest BCUT2D eigenvalue weighted by molar-refractivity contribution is 0.620. The van der Waals surface area contributed by atoms with Crippen molar-refractivity contribution in [2.75, 3.05) is 5.73 Å². The molecule has 1 heterocycles. The lowest BCUT2D eigenvalue weighted by Crippen LogP contribution is -2.00. The first-order valence-electron chi connectivity index (χ1n) is 5.75. The van der Waals surface area contributed by atoms with Gasteiger partial charge in [0.05, 0.1) is 10.2 Å². The van der Waals surface area contributed by atoms with Crippen LogP contribution < -0.4 is 5.73 Å². The van der Waals surface area contributed by atoms with Gasteiger partial charge in [0.15, 0.2) is 5.82 Å². The second-order valence-electron chi connectivity index (χ2n) is 4.14. The topological polar surface area (TPSA) is 69.6 Å². The van der Waals surface area contributed by atoms with E-state index >= 15 is 0 Å². The molecular formula is C13H9BrFN5. The van der Waals surface area contributed by atoms with E-state index in [1.54, 1.807) is 24.3 Å². The molecule has 7 heteroatoms. The van der Waals surface area contributed by atoms with Crippen molar-refractivity contribution in [2.24, 2.45) is 0 Å². The molecule has 0 aliphatic carbocycles. The van der Waals surface area contributed by atoms with Gasteiger partial charge in [0.1, 0.15) is 5.82 Å². The van der Waals surface area contributed by atoms with Crippen molar-refractivity contribution in [3.8, 4) is 17.1 Å². The molecule has 0 saturated carbocycles. The number of hydrogen-bond acceptors (Lipinski definition) is 4. The Kier molecular flexibility index (Phi) is 3.19. The first-order valence-corrected chi connectivity index (χ1v) is 6.54. The minimum absolute atomic E-state index is 0.340. The highest BCUT2D eigenvalue weighted by molar-refractivity contribution is 9.10. The van der Waals surface area contributed by atoms with Crippen LogP contribution in [0.15, 0.2) is 46.9 Å². The van der Waals surface area contributed by atoms with Gasteiger partial charge in [0.25, 0.3) is 0 Å². The van der Waals surface area contributed by atoms with Crippen LogP contribution in [-0.2, 0) is 0 Å². The summed E-state index contributed by atoms with van der Waals surface area (Å²) in [6, 6.07) is 11.8. The van der Waals surface area contributed by atoms with Crippen molar-refractivity contribution < 1.29 is 4.39 Å². The molecule has 0 saturated heterocycles. The van der Waals surface area contributed by atoms with Crippen LogP contribution in [0.25, 0.3) is 17.1 Å². The number of anilines is 1. The molecule has 2 aromatic carbocycles. The van der Waals surface area contributed by atoms with Gasteiger partial charge in [0.2, 0.25) is 0 Å². The minimum Gasteiger partial charge on any atom is -0.399 e. The zero-order chi connectivity index (χ0) is 14.1. The van der Waals surface area contributed by atoms with Gasteiger partial charge in [-0.05, 0) is 56.7 Å². The van der Waals surface area contributed by atoms with E-state index in [2.05, 4.69) is 31.5 Å². The van der Waals surface area contributed by atoms with E-state index in [4.69, 9.17) is 5.73 Å². The van der Waals surface area contributed by atoms with Crippen LogP contribution in [0.2, 0.25) is 0 Å². The monoisotopic (exact) mass is 333 g/mol. The minimum atomic E-state index is -0.340. The van der Waals surface area contributed by atoms with E-state index in [9.17, 15) is 4.39 Å². The first kappa shape index (κ1) is 12.7. The fourth-order valence-electron chi connectivity index (χ4n) is 1.84. The number of hydrogen-bond donors (Lipinski definition) is 1. The number of rotatable bonds is 2. The molecule has 0 unspecified atom stereocenters. The number of aromatic nitrogens is 4. The maximum Gasteiger partial charge on any atom is 0.187 e. The standard InChI is InChI=1S/C13H9BrFN5/c14-11-7-10(4-5-12(11)15)20-13(17-18-19-20)8-2-1-3-9(16)6-8/h1-7H,16H2. The smallest absolute Gasteiger partial charge is 0.187 e. The molecule has 0 fully saturated rings. The van der Waals surface area contributed by atoms with Gasteiger partial charge in [-0.25, -0.2) is 4.39 Å². The second kappa shape index (κ2) is 5.01. The predicted molar refractivity (Wildman–Crippen MR) is 76.7 cm³/mol. The van der Waals surface area contributed by atoms with Crippen LogP contribution >= 0.6 is 15.9 Å². The molecule has 0 aliphatic rings. The Balaban J connectivity index is 2.12. The average molecular weight is 334 g/mol. The highest BCUT2D eigenvalue weighted by atomic mass is 79.9. The molecule has 20 heavy (non-hydrogen) atoms. The second-order valence-corrected chi connectivity index (χ2v) is 4.99. The Morgan fingerprint density at radius 3 is 2.75 bits per heavy atom. The van der Waals surface area contributed by atoms with Crippen molar-refractivity contribution in [1.29, 1.82) is 0 Å². The quantitative estimate of drug-likeness (QED) is 0.732. The molecule has 0 radical (unpaired) electrons. The summed E-state index contributed by atoms with van der Waals surface area (Å²) in [4.78, 5) is 0. The molecule has 3 aromatic rings. The summed E-state index contributed by atoms with van der Waals surface area (Å²) in [5, 5.41) is 11.6. The molecule has 0 atom stereocenters. The van der Waals surface area contributed by atoms with Crippen molar-refractivity contribution in [3.63, 3.8) is 0 Å². The number of nitrogens with two attached hydrogens (primary N) is 1. The number of tetrazole rings is 1. The summed E-state index contributed by atoms with van der Waals surface area (Å²) in [7, 11) is 0. The van der Waals surface area contributed by atoms with E-state index < -0.39 is 0 Å². The Morgan fingerprint density at radius 1 is 1.15 bits per heavy atom. The lowest BCUT2D eigenvalue weighted by Gasteiger charge is -2.06. The molecule has 0 spiro atoms. The molecular weight excluding hydrogens is 325 g/mol. The zero-order valence-corrected chi connectivity index (χ0v) is 11.7. The van der Waals surface area contributed by atoms with E-state index in [-0.39, 0.29) is 5.82 Å². The van der Waals surface area contributed by atoms with E-state index in [0.29, 0.717) is 21.7 Å². The van der Waals surface area contributed by atoms with Crippen LogP contribution in [-0.4, -0.2) is 20.2 Å². The summed E-state index contributed by atoms with van der Waals surface area (Å²) in [6.45, 7) is 0. The van der Waals surface area contributed by atoms with Crippen molar-refractivity contribution >= 4 is 21.6 Å². The highest BCUT2D eigenvalue weighted by Gasteiger charge is 2.12. The van der Waals surface area contributed by atoms with Gasteiger partial charge in [-0.1, -0.05) is 12.1 Å². The van der Waals surface area contributed by atoms with E-state index in [0.717, 1.165) is 5.56 Å². The summed E-state index contributed by atoms with van der Waals surface area (Å²) >= 11 is 3.15. The van der Waals surface area contributed by atoms with Gasteiger partial charge >= 0.3 is 0 Å². The number of nitrogens with zero attached hydrogens (tertiary/aromatic N) is 4. The summed E-state index contributed by atoms with van der Waals surface area (Å²) in [5.74, 6) is 0.197. The molecule has 0 aliphatic heterocycles. The van der Waals surface area contributed by atoms with E-state index in [1.807, 2.05) is 12.1 Å². The van der Waals surface area contributed by atoms with Crippen LogP contribution in [0, 0.1) is 5.82 Å². The maximum absolute atomic E-state index is 13.3. The fourth-order valence-corrected chi connectivity index (χ4v) is 2.20. The molecule has 1 aromatic heterocycles. The van der Waals surface area contributed by atoms with Gasteiger partial charge in [-0.15, -0.1) is 5.10 Å². The summed E-state index contributed by atoms with van der Waals surface area (Å²) in [5.41, 5.74) is 7.83. The van der Waals surface area contributed by atoms with Gasteiger partial charge in [-0.2, -0.15) is 4.68 Å². The molecule has 2 N–H and O–H groups in total. The first-order chi connectivity index (χ1) is 9.65. The SMILES string of the molecule is Nc1cccc(-c2nnnn2-c2ccc(F)c(Br)c2)c1. The molecule has 5 nitrogen and oxygen atoms in total. The number of nitrogen functional groups attached to an aromatic ring is 1. The van der Waals surface area contributed by atoms with Crippen LogP contribution in [0.3, 0.4) is 0 Å². The molecule has 0 amide bonds. The molecule has 3 rings (SSSR count). The normalized spacial score (nSPS) is 10.7. The van der Waals surface area contributed by atoms with Crippen LogP contribution in [0.4, 0.5) is 10.1 Å². The van der Waals surface area contributed by atoms with Gasteiger partial charge in [-0.3, -0.25) is 0 Å². The average Bonchev–Trinajstić information content (AvgIpc) is 2.91. The highest BCUT2D eigenvalue weighted by Crippen LogP contribution is 2.24. The van der Waals surface area contributed by atoms with Crippen molar-refractivity contribution in [1.82, 2.24) is 20.2 Å². The van der Waals surface area contributed by atoms with Crippen LogP contribution in [0.1, 0.15) is 0 Å². The molecule has 100 valence electrons. The largest absolute Gasteiger partial charge is 0.399 e.